The van der Waals surface area contributed by atoms with Gasteiger partial charge in [0.2, 0.25) is 4.96 Å². The number of ether oxygens (including phenoxy) is 1. The molecule has 0 spiro atoms. The fourth-order valence-corrected chi connectivity index (χ4v) is 4.86. The van der Waals surface area contributed by atoms with E-state index in [0.29, 0.717) is 21.2 Å². The van der Waals surface area contributed by atoms with Crippen LogP contribution in [-0.2, 0) is 24.2 Å². The molecule has 0 aliphatic heterocycles. The zero-order valence-corrected chi connectivity index (χ0v) is 14.7. The number of aromatic nitrogens is 3. The summed E-state index contributed by atoms with van der Waals surface area (Å²) >= 11 is 2.90. The molecule has 4 rings (SSSR count). The average molecular weight is 361 g/mol. The maximum atomic E-state index is 12.4. The number of hydrogen-bond acceptors (Lipinski definition) is 7. The molecule has 0 saturated heterocycles. The van der Waals surface area contributed by atoms with Crippen LogP contribution in [0.2, 0.25) is 0 Å². The van der Waals surface area contributed by atoms with Gasteiger partial charge in [0.15, 0.2) is 5.01 Å². The Bertz CT molecular complexity index is 986. The Morgan fingerprint density at radius 2 is 2.21 bits per heavy atom. The summed E-state index contributed by atoms with van der Waals surface area (Å²) in [5, 5.41) is 6.63. The van der Waals surface area contributed by atoms with Gasteiger partial charge in [-0.1, -0.05) is 11.3 Å². The zero-order valence-electron chi connectivity index (χ0n) is 13.1. The van der Waals surface area contributed by atoms with E-state index >= 15 is 0 Å². The molecule has 0 aromatic carbocycles. The quantitative estimate of drug-likeness (QED) is 0.671. The van der Waals surface area contributed by atoms with Crippen molar-refractivity contribution >= 4 is 33.6 Å². The smallest absolute Gasteiger partial charge is 0.339 e. The largest absolute Gasteiger partial charge is 0.455 e. The van der Waals surface area contributed by atoms with E-state index < -0.39 is 0 Å². The number of carbonyl (C=O) groups is 1. The van der Waals surface area contributed by atoms with Crippen LogP contribution < -0.4 is 5.56 Å². The summed E-state index contributed by atoms with van der Waals surface area (Å²) in [5.74, 6) is -0.315. The highest BCUT2D eigenvalue weighted by Crippen LogP contribution is 2.30. The van der Waals surface area contributed by atoms with Crippen molar-refractivity contribution < 1.29 is 9.53 Å². The van der Waals surface area contributed by atoms with Crippen molar-refractivity contribution in [2.45, 2.75) is 39.2 Å². The Morgan fingerprint density at radius 3 is 3.08 bits per heavy atom. The molecule has 124 valence electrons. The number of esters is 1. The van der Waals surface area contributed by atoms with Crippen LogP contribution in [0.4, 0.5) is 0 Å². The molecule has 0 N–H and O–H groups in total. The van der Waals surface area contributed by atoms with E-state index in [0.717, 1.165) is 24.8 Å². The summed E-state index contributed by atoms with van der Waals surface area (Å²) in [4.78, 5) is 30.3. The first-order chi connectivity index (χ1) is 11.6. The Labute approximate surface area is 145 Å². The minimum absolute atomic E-state index is 0.0516. The van der Waals surface area contributed by atoms with Crippen LogP contribution in [0.3, 0.4) is 0 Å². The van der Waals surface area contributed by atoms with Gasteiger partial charge in [-0.3, -0.25) is 4.79 Å². The second-order valence-electron chi connectivity index (χ2n) is 5.76. The highest BCUT2D eigenvalue weighted by Gasteiger charge is 2.21. The number of aryl methyl sites for hydroxylation is 2. The van der Waals surface area contributed by atoms with E-state index in [1.54, 1.807) is 18.3 Å². The SMILES string of the molecule is Cc1cc(=O)n2nc(COC(=O)c3csc4c3CCCC4)sc2n1. The number of thiophene rings is 1. The van der Waals surface area contributed by atoms with Gasteiger partial charge in [-0.15, -0.1) is 11.3 Å². The summed E-state index contributed by atoms with van der Waals surface area (Å²) < 4.78 is 6.65. The molecule has 0 radical (unpaired) electrons. The third kappa shape index (κ3) is 2.76. The molecule has 0 amide bonds. The summed E-state index contributed by atoms with van der Waals surface area (Å²) in [7, 11) is 0. The average Bonchev–Trinajstić information content (AvgIpc) is 3.16. The van der Waals surface area contributed by atoms with Crippen LogP contribution in [0.15, 0.2) is 16.2 Å². The molecular formula is C16H15N3O3S2. The molecule has 3 aromatic heterocycles. The second kappa shape index (κ2) is 6.10. The van der Waals surface area contributed by atoms with E-state index in [4.69, 9.17) is 4.74 Å². The maximum Gasteiger partial charge on any atom is 0.339 e. The van der Waals surface area contributed by atoms with Crippen molar-refractivity contribution in [1.29, 1.82) is 0 Å². The monoisotopic (exact) mass is 361 g/mol. The van der Waals surface area contributed by atoms with Crippen LogP contribution in [0.5, 0.6) is 0 Å². The fraction of sp³-hybridized carbons (Fsp3) is 0.375. The molecule has 0 unspecified atom stereocenters. The van der Waals surface area contributed by atoms with Crippen molar-refractivity contribution in [3.8, 4) is 0 Å². The Hall–Kier alpha value is -2.06. The lowest BCUT2D eigenvalue weighted by Gasteiger charge is -2.12. The molecule has 1 aliphatic rings. The summed E-state index contributed by atoms with van der Waals surface area (Å²) in [5.41, 5.74) is 2.26. The lowest BCUT2D eigenvalue weighted by molar-refractivity contribution is 0.0470. The summed E-state index contributed by atoms with van der Waals surface area (Å²) in [6.07, 6.45) is 4.31. The first-order valence-electron chi connectivity index (χ1n) is 7.74. The van der Waals surface area contributed by atoms with Crippen LogP contribution in [0, 0.1) is 6.92 Å². The highest BCUT2D eigenvalue weighted by atomic mass is 32.1. The van der Waals surface area contributed by atoms with Gasteiger partial charge >= 0.3 is 5.97 Å². The number of carbonyl (C=O) groups excluding carboxylic acids is 1. The van der Waals surface area contributed by atoms with Crippen molar-refractivity contribution in [2.75, 3.05) is 0 Å². The molecule has 6 nitrogen and oxygen atoms in total. The van der Waals surface area contributed by atoms with Crippen molar-refractivity contribution in [2.24, 2.45) is 0 Å². The van der Waals surface area contributed by atoms with E-state index in [9.17, 15) is 9.59 Å². The van der Waals surface area contributed by atoms with Gasteiger partial charge < -0.3 is 4.74 Å². The van der Waals surface area contributed by atoms with Gasteiger partial charge in [0.05, 0.1) is 5.56 Å². The van der Waals surface area contributed by atoms with E-state index in [-0.39, 0.29) is 18.1 Å². The minimum Gasteiger partial charge on any atom is -0.455 e. The second-order valence-corrected chi connectivity index (χ2v) is 7.77. The van der Waals surface area contributed by atoms with Gasteiger partial charge in [0.1, 0.15) is 6.61 Å². The fourth-order valence-electron chi connectivity index (χ4n) is 2.89. The Kier molecular flexibility index (Phi) is 3.93. The van der Waals surface area contributed by atoms with Gasteiger partial charge in [-0.2, -0.15) is 9.61 Å². The number of hydrogen-bond donors (Lipinski definition) is 0. The first-order valence-corrected chi connectivity index (χ1v) is 9.44. The molecule has 0 saturated carbocycles. The van der Waals surface area contributed by atoms with Gasteiger partial charge in [0, 0.05) is 22.0 Å². The standard InChI is InChI=1S/C16H15N3O3S2/c1-9-6-14(20)19-16(17-9)24-13(18-19)7-22-15(21)11-8-23-12-5-3-2-4-10(11)12/h6,8H,2-5,7H2,1H3. The number of nitrogens with zero attached hydrogens (tertiary/aromatic N) is 3. The maximum absolute atomic E-state index is 12.4. The van der Waals surface area contributed by atoms with Gasteiger partial charge in [0.25, 0.3) is 5.56 Å². The summed E-state index contributed by atoms with van der Waals surface area (Å²) in [6.45, 7) is 1.82. The molecule has 0 atom stereocenters. The van der Waals surface area contributed by atoms with E-state index in [1.165, 1.54) is 33.2 Å². The molecule has 3 heterocycles. The lowest BCUT2D eigenvalue weighted by atomic mass is 9.96. The van der Waals surface area contributed by atoms with Crippen molar-refractivity contribution in [3.05, 3.63) is 48.5 Å². The molecule has 8 heteroatoms. The van der Waals surface area contributed by atoms with Crippen LogP contribution in [-0.4, -0.2) is 20.6 Å². The van der Waals surface area contributed by atoms with Crippen LogP contribution >= 0.6 is 22.7 Å². The topological polar surface area (TPSA) is 73.6 Å². The molecule has 0 fully saturated rings. The minimum atomic E-state index is -0.315. The number of fused-ring (bicyclic) bond motifs is 2. The first kappa shape index (κ1) is 15.5. The molecule has 0 bridgehead atoms. The predicted octanol–water partition coefficient (Wildman–Crippen LogP) is 2.76. The third-order valence-electron chi connectivity index (χ3n) is 4.02. The van der Waals surface area contributed by atoms with E-state index in [1.807, 2.05) is 5.38 Å². The molecule has 3 aromatic rings. The third-order valence-corrected chi connectivity index (χ3v) is 5.99. The lowest BCUT2D eigenvalue weighted by Crippen LogP contribution is -2.14. The zero-order chi connectivity index (χ0) is 16.7. The van der Waals surface area contributed by atoms with Crippen molar-refractivity contribution in [1.82, 2.24) is 14.6 Å². The Balaban J connectivity index is 1.52. The highest BCUT2D eigenvalue weighted by molar-refractivity contribution is 7.16. The summed E-state index contributed by atoms with van der Waals surface area (Å²) in [6, 6.07) is 1.43. The van der Waals surface area contributed by atoms with Crippen LogP contribution in [0.1, 0.15) is 44.3 Å². The van der Waals surface area contributed by atoms with Crippen molar-refractivity contribution in [3.63, 3.8) is 0 Å². The van der Waals surface area contributed by atoms with E-state index in [2.05, 4.69) is 10.1 Å². The number of rotatable bonds is 3. The Morgan fingerprint density at radius 1 is 1.38 bits per heavy atom. The molecular weight excluding hydrogens is 346 g/mol. The molecule has 24 heavy (non-hydrogen) atoms. The normalized spacial score (nSPS) is 13.9. The van der Waals surface area contributed by atoms with Gasteiger partial charge in [-0.25, -0.2) is 9.78 Å². The molecule has 1 aliphatic carbocycles. The van der Waals surface area contributed by atoms with Crippen LogP contribution in [0.25, 0.3) is 4.96 Å². The van der Waals surface area contributed by atoms with Gasteiger partial charge in [-0.05, 0) is 38.2 Å². The predicted molar refractivity (Wildman–Crippen MR) is 92.0 cm³/mol.